The van der Waals surface area contributed by atoms with Crippen molar-refractivity contribution in [2.75, 3.05) is 0 Å². The van der Waals surface area contributed by atoms with E-state index < -0.39 is 5.91 Å². The molecule has 0 atom stereocenters. The molecule has 0 unspecified atom stereocenters. The van der Waals surface area contributed by atoms with Gasteiger partial charge in [-0.25, -0.2) is 4.98 Å². The summed E-state index contributed by atoms with van der Waals surface area (Å²) >= 11 is 3.20. The van der Waals surface area contributed by atoms with Crippen molar-refractivity contribution in [1.82, 2.24) is 4.98 Å². The van der Waals surface area contributed by atoms with Crippen LogP contribution in [0.4, 0.5) is 0 Å². The molecule has 0 fully saturated rings. The number of carbonyl (C=O) groups excluding carboxylic acids is 1. The monoisotopic (exact) mass is 214 g/mol. The molecule has 58 valence electrons. The topological polar surface area (TPSA) is 56.0 Å². The number of pyridine rings is 1. The summed E-state index contributed by atoms with van der Waals surface area (Å²) in [4.78, 5) is 14.5. The molecular weight excluding hydrogens is 208 g/mol. The minimum atomic E-state index is -0.509. The Hall–Kier alpha value is -0.900. The number of primary amides is 1. The van der Waals surface area contributed by atoms with Crippen molar-refractivity contribution in [2.45, 2.75) is 6.92 Å². The van der Waals surface area contributed by atoms with E-state index in [0.717, 1.165) is 5.56 Å². The Balaban J connectivity index is 3.15. The van der Waals surface area contributed by atoms with Crippen LogP contribution in [0, 0.1) is 6.92 Å². The Morgan fingerprint density at radius 1 is 1.64 bits per heavy atom. The van der Waals surface area contributed by atoms with Crippen molar-refractivity contribution in [3.05, 3.63) is 28.0 Å². The van der Waals surface area contributed by atoms with E-state index in [2.05, 4.69) is 20.9 Å². The Kier molecular flexibility index (Phi) is 2.24. The maximum atomic E-state index is 10.6. The molecule has 1 amide bonds. The van der Waals surface area contributed by atoms with E-state index in [0.29, 0.717) is 4.60 Å². The highest BCUT2D eigenvalue weighted by atomic mass is 79.9. The summed E-state index contributed by atoms with van der Waals surface area (Å²) in [5.74, 6) is -0.509. The van der Waals surface area contributed by atoms with Crippen molar-refractivity contribution in [3.63, 3.8) is 0 Å². The van der Waals surface area contributed by atoms with E-state index in [1.165, 1.54) is 0 Å². The van der Waals surface area contributed by atoms with Crippen LogP contribution in [0.2, 0.25) is 0 Å². The Labute approximate surface area is 72.7 Å². The zero-order valence-corrected chi connectivity index (χ0v) is 7.55. The van der Waals surface area contributed by atoms with E-state index in [-0.39, 0.29) is 5.69 Å². The molecule has 0 aliphatic heterocycles. The highest BCUT2D eigenvalue weighted by molar-refractivity contribution is 9.10. The fourth-order valence-corrected chi connectivity index (χ4v) is 0.964. The van der Waals surface area contributed by atoms with Crippen molar-refractivity contribution in [1.29, 1.82) is 0 Å². The molecule has 0 bridgehead atoms. The number of hydrogen-bond acceptors (Lipinski definition) is 2. The van der Waals surface area contributed by atoms with E-state index in [1.54, 1.807) is 12.1 Å². The smallest absolute Gasteiger partial charge is 0.267 e. The minimum Gasteiger partial charge on any atom is -0.364 e. The zero-order chi connectivity index (χ0) is 8.43. The number of nitrogens with zero attached hydrogens (tertiary/aromatic N) is 1. The third-order valence-electron chi connectivity index (χ3n) is 1.29. The van der Waals surface area contributed by atoms with Crippen LogP contribution in [0.1, 0.15) is 16.1 Å². The van der Waals surface area contributed by atoms with Gasteiger partial charge in [-0.15, -0.1) is 0 Å². The average Bonchev–Trinajstić information content (AvgIpc) is 1.94. The molecule has 0 aliphatic rings. The van der Waals surface area contributed by atoms with Crippen molar-refractivity contribution in [2.24, 2.45) is 5.73 Å². The van der Waals surface area contributed by atoms with Crippen molar-refractivity contribution in [3.8, 4) is 0 Å². The van der Waals surface area contributed by atoms with Gasteiger partial charge in [0.25, 0.3) is 5.91 Å². The number of halogens is 1. The molecule has 11 heavy (non-hydrogen) atoms. The third kappa shape index (κ3) is 1.77. The van der Waals surface area contributed by atoms with Crippen LogP contribution < -0.4 is 5.73 Å². The fourth-order valence-electron chi connectivity index (χ4n) is 0.641. The summed E-state index contributed by atoms with van der Waals surface area (Å²) < 4.78 is 0.661. The van der Waals surface area contributed by atoms with Gasteiger partial charge in [-0.1, -0.05) is 6.07 Å². The second-order valence-electron chi connectivity index (χ2n) is 2.17. The van der Waals surface area contributed by atoms with Gasteiger partial charge in [0.2, 0.25) is 0 Å². The summed E-state index contributed by atoms with van der Waals surface area (Å²) in [6, 6.07) is 3.39. The highest BCUT2D eigenvalue weighted by Gasteiger charge is 2.03. The number of nitrogens with two attached hydrogens (primary N) is 1. The number of rotatable bonds is 1. The van der Waals surface area contributed by atoms with Crippen LogP contribution in [0.15, 0.2) is 16.7 Å². The van der Waals surface area contributed by atoms with Crippen LogP contribution >= 0.6 is 15.9 Å². The molecule has 1 aromatic rings. The van der Waals surface area contributed by atoms with Crippen LogP contribution in [-0.2, 0) is 0 Å². The Morgan fingerprint density at radius 3 is 2.73 bits per heavy atom. The van der Waals surface area contributed by atoms with Gasteiger partial charge in [0.1, 0.15) is 10.3 Å². The van der Waals surface area contributed by atoms with Crippen LogP contribution in [0.25, 0.3) is 0 Å². The lowest BCUT2D eigenvalue weighted by Gasteiger charge is -1.97. The molecule has 0 radical (unpaired) electrons. The maximum Gasteiger partial charge on any atom is 0.267 e. The third-order valence-corrected chi connectivity index (χ3v) is 2.09. The predicted octanol–water partition coefficient (Wildman–Crippen LogP) is 1.25. The molecule has 1 rings (SSSR count). The lowest BCUT2D eigenvalue weighted by molar-refractivity contribution is 0.0995. The first-order valence-corrected chi connectivity index (χ1v) is 3.83. The molecule has 0 saturated carbocycles. The largest absolute Gasteiger partial charge is 0.364 e. The van der Waals surface area contributed by atoms with Crippen LogP contribution in [0.5, 0.6) is 0 Å². The first kappa shape index (κ1) is 8.20. The standard InChI is InChI=1S/C7H7BrN2O/c1-4-2-3-5(7(9)11)10-6(4)8/h2-3H,1H3,(H2,9,11). The van der Waals surface area contributed by atoms with E-state index in [9.17, 15) is 4.79 Å². The van der Waals surface area contributed by atoms with E-state index in [4.69, 9.17) is 5.73 Å². The average molecular weight is 215 g/mol. The van der Waals surface area contributed by atoms with Gasteiger partial charge in [-0.05, 0) is 34.5 Å². The first-order chi connectivity index (χ1) is 5.11. The molecule has 0 spiro atoms. The lowest BCUT2D eigenvalue weighted by Crippen LogP contribution is -2.13. The van der Waals surface area contributed by atoms with Gasteiger partial charge in [-0.3, -0.25) is 4.79 Å². The SMILES string of the molecule is Cc1ccc(C(N)=O)nc1Br. The first-order valence-electron chi connectivity index (χ1n) is 3.04. The number of carbonyl (C=O) groups is 1. The minimum absolute atomic E-state index is 0.280. The van der Waals surface area contributed by atoms with Gasteiger partial charge in [0, 0.05) is 0 Å². The maximum absolute atomic E-state index is 10.6. The number of amides is 1. The molecule has 3 nitrogen and oxygen atoms in total. The van der Waals surface area contributed by atoms with Gasteiger partial charge in [0.15, 0.2) is 0 Å². The summed E-state index contributed by atoms with van der Waals surface area (Å²) in [5, 5.41) is 0. The molecular formula is C7H7BrN2O. The van der Waals surface area contributed by atoms with E-state index >= 15 is 0 Å². The Bertz CT molecular complexity index is 298. The quantitative estimate of drug-likeness (QED) is 0.716. The van der Waals surface area contributed by atoms with Crippen LogP contribution in [0.3, 0.4) is 0 Å². The normalized spacial score (nSPS) is 9.64. The predicted molar refractivity (Wildman–Crippen MR) is 45.2 cm³/mol. The lowest BCUT2D eigenvalue weighted by atomic mass is 10.3. The summed E-state index contributed by atoms with van der Waals surface area (Å²) in [6.07, 6.45) is 0. The molecule has 0 aromatic carbocycles. The molecule has 0 saturated heterocycles. The number of aryl methyl sites for hydroxylation is 1. The van der Waals surface area contributed by atoms with Gasteiger partial charge < -0.3 is 5.73 Å². The fraction of sp³-hybridized carbons (Fsp3) is 0.143. The van der Waals surface area contributed by atoms with E-state index in [1.807, 2.05) is 6.92 Å². The van der Waals surface area contributed by atoms with Crippen molar-refractivity contribution < 1.29 is 4.79 Å². The number of aromatic nitrogens is 1. The second-order valence-corrected chi connectivity index (χ2v) is 2.92. The summed E-state index contributed by atoms with van der Waals surface area (Å²) in [7, 11) is 0. The van der Waals surface area contributed by atoms with Gasteiger partial charge in [-0.2, -0.15) is 0 Å². The van der Waals surface area contributed by atoms with Crippen LogP contribution in [-0.4, -0.2) is 10.9 Å². The molecule has 1 aromatic heterocycles. The van der Waals surface area contributed by atoms with Gasteiger partial charge >= 0.3 is 0 Å². The summed E-state index contributed by atoms with van der Waals surface area (Å²) in [5.41, 5.74) is 6.27. The molecule has 4 heteroatoms. The van der Waals surface area contributed by atoms with Crippen molar-refractivity contribution >= 4 is 21.8 Å². The van der Waals surface area contributed by atoms with Gasteiger partial charge in [0.05, 0.1) is 0 Å². The number of hydrogen-bond donors (Lipinski definition) is 1. The highest BCUT2D eigenvalue weighted by Crippen LogP contribution is 2.12. The second kappa shape index (κ2) is 3.00. The zero-order valence-electron chi connectivity index (χ0n) is 5.97. The molecule has 1 heterocycles. The molecule has 2 N–H and O–H groups in total. The Morgan fingerprint density at radius 2 is 2.27 bits per heavy atom. The summed E-state index contributed by atoms with van der Waals surface area (Å²) in [6.45, 7) is 1.89. The molecule has 0 aliphatic carbocycles.